The van der Waals surface area contributed by atoms with Crippen LogP contribution >= 0.6 is 11.6 Å². The van der Waals surface area contributed by atoms with Gasteiger partial charge in [0, 0.05) is 26.6 Å². The van der Waals surface area contributed by atoms with Crippen molar-refractivity contribution < 1.29 is 4.21 Å². The van der Waals surface area contributed by atoms with Crippen LogP contribution in [0.5, 0.6) is 0 Å². The predicted octanol–water partition coefficient (Wildman–Crippen LogP) is 4.26. The fourth-order valence-electron chi connectivity index (χ4n) is 2.35. The van der Waals surface area contributed by atoms with Gasteiger partial charge in [-0.3, -0.25) is 4.21 Å². The zero-order chi connectivity index (χ0) is 15.7. The number of nitrogen functional groups attached to an aromatic ring is 1. The Morgan fingerprint density at radius 2 is 1.86 bits per heavy atom. The number of rotatable bonds is 3. The third-order valence-electron chi connectivity index (χ3n) is 3.50. The van der Waals surface area contributed by atoms with E-state index >= 15 is 0 Å². The second-order valence-corrected chi connectivity index (χ2v) is 7.09. The van der Waals surface area contributed by atoms with E-state index in [2.05, 4.69) is 4.98 Å². The monoisotopic (exact) mass is 330 g/mol. The molecule has 1 aromatic heterocycles. The van der Waals surface area contributed by atoms with Crippen LogP contribution in [-0.4, -0.2) is 14.9 Å². The second kappa shape index (κ2) is 6.07. The summed E-state index contributed by atoms with van der Waals surface area (Å²) in [5, 5.41) is 1.61. The van der Waals surface area contributed by atoms with Crippen molar-refractivity contribution in [1.29, 1.82) is 0 Å². The van der Waals surface area contributed by atoms with Gasteiger partial charge >= 0.3 is 0 Å². The predicted molar refractivity (Wildman–Crippen MR) is 93.6 cm³/mol. The number of hydrogen-bond acceptors (Lipinski definition) is 3. The lowest BCUT2D eigenvalue weighted by Crippen LogP contribution is -1.96. The van der Waals surface area contributed by atoms with Gasteiger partial charge in [0.15, 0.2) is 0 Å². The molecule has 112 valence electrons. The van der Waals surface area contributed by atoms with Gasteiger partial charge in [-0.05, 0) is 42.0 Å². The van der Waals surface area contributed by atoms with E-state index in [0.717, 1.165) is 26.9 Å². The van der Waals surface area contributed by atoms with Crippen LogP contribution in [0.2, 0.25) is 5.02 Å². The summed E-state index contributed by atoms with van der Waals surface area (Å²) in [4.78, 5) is 5.25. The van der Waals surface area contributed by atoms with Crippen molar-refractivity contribution in [2.45, 2.75) is 11.8 Å². The van der Waals surface area contributed by atoms with Crippen LogP contribution in [0.1, 0.15) is 6.92 Å². The minimum atomic E-state index is -0.950. The normalized spacial score (nSPS) is 12.5. The fourth-order valence-corrected chi connectivity index (χ4v) is 3.30. The smallest absolute Gasteiger partial charge is 0.131 e. The van der Waals surface area contributed by atoms with Crippen LogP contribution in [0.25, 0.3) is 22.0 Å². The highest BCUT2D eigenvalue weighted by Crippen LogP contribution is 2.30. The first-order valence-corrected chi connectivity index (χ1v) is 8.63. The van der Waals surface area contributed by atoms with Crippen LogP contribution < -0.4 is 5.73 Å². The van der Waals surface area contributed by atoms with Gasteiger partial charge in [0.2, 0.25) is 0 Å². The number of halogens is 1. The molecule has 5 heteroatoms. The molecule has 2 aromatic carbocycles. The molecule has 2 N–H and O–H groups in total. The molecule has 3 aromatic rings. The molecule has 0 radical (unpaired) electrons. The average Bonchev–Trinajstić information content (AvgIpc) is 2.54. The average molecular weight is 331 g/mol. The lowest BCUT2D eigenvalue weighted by atomic mass is 10.0. The van der Waals surface area contributed by atoms with Gasteiger partial charge in [-0.15, -0.1) is 0 Å². The first kappa shape index (κ1) is 15.0. The maximum absolute atomic E-state index is 11.8. The highest BCUT2D eigenvalue weighted by atomic mass is 35.5. The molecular formula is C17H15ClN2OS. The maximum Gasteiger partial charge on any atom is 0.131 e. The van der Waals surface area contributed by atoms with Crippen LogP contribution in [0.15, 0.2) is 53.4 Å². The zero-order valence-corrected chi connectivity index (χ0v) is 13.6. The Hall–Kier alpha value is -1.91. The standard InChI is InChI=1S/C17H15ClN2OS/c1-2-22(21)14-6-3-11(4-7-14)15-10-12-9-13(18)5-8-16(12)20-17(15)19/h3-10H,2H2,1H3,(H2,19,20). The van der Waals surface area contributed by atoms with E-state index in [-0.39, 0.29) is 0 Å². The molecule has 1 heterocycles. The molecule has 0 spiro atoms. The molecule has 0 aliphatic heterocycles. The van der Waals surface area contributed by atoms with Gasteiger partial charge in [0.1, 0.15) is 5.82 Å². The molecule has 0 amide bonds. The lowest BCUT2D eigenvalue weighted by Gasteiger charge is -2.08. The van der Waals surface area contributed by atoms with Gasteiger partial charge in [-0.1, -0.05) is 30.7 Å². The Bertz CT molecular complexity index is 862. The maximum atomic E-state index is 11.8. The van der Waals surface area contributed by atoms with E-state index in [1.54, 1.807) is 6.07 Å². The Labute approximate surface area is 136 Å². The minimum Gasteiger partial charge on any atom is -0.383 e. The molecule has 3 rings (SSSR count). The number of anilines is 1. The van der Waals surface area contributed by atoms with Crippen molar-refractivity contribution in [2.75, 3.05) is 11.5 Å². The number of benzene rings is 2. The van der Waals surface area contributed by atoms with Gasteiger partial charge < -0.3 is 5.73 Å². The summed E-state index contributed by atoms with van der Waals surface area (Å²) in [5.74, 6) is 1.08. The first-order valence-electron chi connectivity index (χ1n) is 6.93. The summed E-state index contributed by atoms with van der Waals surface area (Å²) in [6, 6.07) is 15.1. The van der Waals surface area contributed by atoms with E-state index in [0.29, 0.717) is 16.6 Å². The topological polar surface area (TPSA) is 56.0 Å². The Morgan fingerprint density at radius 1 is 1.14 bits per heavy atom. The number of fused-ring (bicyclic) bond motifs is 1. The molecule has 0 fully saturated rings. The van der Waals surface area contributed by atoms with Gasteiger partial charge in [-0.2, -0.15) is 0 Å². The number of nitrogens with zero attached hydrogens (tertiary/aromatic N) is 1. The zero-order valence-electron chi connectivity index (χ0n) is 12.0. The molecule has 1 atom stereocenters. The Morgan fingerprint density at radius 3 is 2.55 bits per heavy atom. The lowest BCUT2D eigenvalue weighted by molar-refractivity contribution is 0.684. The molecule has 0 aliphatic rings. The van der Waals surface area contributed by atoms with Crippen molar-refractivity contribution in [2.24, 2.45) is 0 Å². The quantitative estimate of drug-likeness (QED) is 0.780. The van der Waals surface area contributed by atoms with Gasteiger partial charge in [0.25, 0.3) is 0 Å². The van der Waals surface area contributed by atoms with Crippen LogP contribution in [-0.2, 0) is 10.8 Å². The molecule has 1 unspecified atom stereocenters. The molecule has 3 nitrogen and oxygen atoms in total. The summed E-state index contributed by atoms with van der Waals surface area (Å²) in [7, 11) is -0.950. The van der Waals surface area contributed by atoms with E-state index < -0.39 is 10.8 Å². The van der Waals surface area contributed by atoms with E-state index in [9.17, 15) is 4.21 Å². The number of hydrogen-bond donors (Lipinski definition) is 1. The Balaban J connectivity index is 2.09. The summed E-state index contributed by atoms with van der Waals surface area (Å²) in [5.41, 5.74) is 8.69. The first-order chi connectivity index (χ1) is 10.6. The van der Waals surface area contributed by atoms with E-state index in [1.165, 1.54) is 0 Å². The van der Waals surface area contributed by atoms with Crippen molar-refractivity contribution >= 4 is 39.1 Å². The van der Waals surface area contributed by atoms with Crippen molar-refractivity contribution in [3.05, 3.63) is 53.6 Å². The molecule has 0 saturated heterocycles. The number of pyridine rings is 1. The van der Waals surface area contributed by atoms with E-state index in [4.69, 9.17) is 17.3 Å². The van der Waals surface area contributed by atoms with Crippen LogP contribution in [0, 0.1) is 0 Å². The third-order valence-corrected chi connectivity index (χ3v) is 5.05. The number of aromatic nitrogens is 1. The summed E-state index contributed by atoms with van der Waals surface area (Å²) in [6.07, 6.45) is 0. The molecule has 22 heavy (non-hydrogen) atoms. The molecular weight excluding hydrogens is 316 g/mol. The summed E-state index contributed by atoms with van der Waals surface area (Å²) in [6.45, 7) is 1.90. The minimum absolute atomic E-state index is 0.471. The van der Waals surface area contributed by atoms with E-state index in [1.807, 2.05) is 49.4 Å². The SMILES string of the molecule is CCS(=O)c1ccc(-c2cc3cc(Cl)ccc3nc2N)cc1. The highest BCUT2D eigenvalue weighted by Gasteiger charge is 2.08. The summed E-state index contributed by atoms with van der Waals surface area (Å²) >= 11 is 6.04. The van der Waals surface area contributed by atoms with Crippen molar-refractivity contribution in [3.8, 4) is 11.1 Å². The van der Waals surface area contributed by atoms with Crippen LogP contribution in [0.4, 0.5) is 5.82 Å². The second-order valence-electron chi connectivity index (χ2n) is 4.92. The highest BCUT2D eigenvalue weighted by molar-refractivity contribution is 7.85. The van der Waals surface area contributed by atoms with Crippen molar-refractivity contribution in [1.82, 2.24) is 4.98 Å². The van der Waals surface area contributed by atoms with Gasteiger partial charge in [0.05, 0.1) is 16.3 Å². The van der Waals surface area contributed by atoms with Crippen molar-refractivity contribution in [3.63, 3.8) is 0 Å². The molecule has 0 aliphatic carbocycles. The van der Waals surface area contributed by atoms with Crippen LogP contribution in [0.3, 0.4) is 0 Å². The third kappa shape index (κ3) is 2.85. The Kier molecular flexibility index (Phi) is 4.14. The largest absolute Gasteiger partial charge is 0.383 e. The van der Waals surface area contributed by atoms with Gasteiger partial charge in [-0.25, -0.2) is 4.98 Å². The fraction of sp³-hybridized carbons (Fsp3) is 0.118. The molecule has 0 bridgehead atoms. The summed E-state index contributed by atoms with van der Waals surface area (Å²) < 4.78 is 11.8. The number of nitrogens with two attached hydrogens (primary N) is 1. The molecule has 0 saturated carbocycles.